The van der Waals surface area contributed by atoms with E-state index in [-0.39, 0.29) is 12.5 Å². The third-order valence-corrected chi connectivity index (χ3v) is 5.84. The van der Waals surface area contributed by atoms with Crippen LogP contribution in [0.3, 0.4) is 0 Å². The second-order valence-corrected chi connectivity index (χ2v) is 7.91. The maximum Gasteiger partial charge on any atom is 0.311 e. The molecule has 6 heteroatoms. The van der Waals surface area contributed by atoms with Crippen molar-refractivity contribution >= 4 is 23.2 Å². The maximum atomic E-state index is 12.8. The van der Waals surface area contributed by atoms with Crippen LogP contribution in [0.5, 0.6) is 5.75 Å². The number of nitrogens with zero attached hydrogens (tertiary/aromatic N) is 1. The summed E-state index contributed by atoms with van der Waals surface area (Å²) in [5.74, 6) is -0.139. The number of aliphatic carboxylic acids is 1. The molecule has 1 aromatic heterocycles. The molecule has 0 saturated carbocycles. The van der Waals surface area contributed by atoms with Crippen LogP contribution in [0, 0.1) is 12.3 Å². The Kier molecular flexibility index (Phi) is 4.56. The summed E-state index contributed by atoms with van der Waals surface area (Å²) < 4.78 is 5.18. The Morgan fingerprint density at radius 1 is 1.28 bits per heavy atom. The molecule has 1 saturated heterocycles. The van der Waals surface area contributed by atoms with Crippen molar-refractivity contribution in [1.29, 1.82) is 0 Å². The summed E-state index contributed by atoms with van der Waals surface area (Å²) in [7, 11) is 1.63. The molecule has 1 aromatic carbocycles. The number of hydrogen-bond donors (Lipinski definition) is 1. The lowest BCUT2D eigenvalue weighted by Gasteiger charge is -2.19. The molecule has 1 fully saturated rings. The van der Waals surface area contributed by atoms with E-state index in [4.69, 9.17) is 4.74 Å². The second-order valence-electron chi connectivity index (χ2n) is 6.65. The summed E-state index contributed by atoms with van der Waals surface area (Å²) >= 11 is 1.45. The fraction of sp³-hybridized carbons (Fsp3) is 0.368. The highest BCUT2D eigenvalue weighted by molar-refractivity contribution is 7.14. The number of ether oxygens (including phenoxy) is 1. The van der Waals surface area contributed by atoms with Gasteiger partial charge in [-0.1, -0.05) is 12.1 Å². The average Bonchev–Trinajstić information content (AvgIpc) is 3.19. The van der Waals surface area contributed by atoms with Crippen LogP contribution in [0.15, 0.2) is 30.3 Å². The van der Waals surface area contributed by atoms with Gasteiger partial charge in [0.1, 0.15) is 5.75 Å². The summed E-state index contributed by atoms with van der Waals surface area (Å²) in [4.78, 5) is 27.5. The predicted molar refractivity (Wildman–Crippen MR) is 97.3 cm³/mol. The molecule has 132 valence electrons. The largest absolute Gasteiger partial charge is 0.497 e. The number of carbonyl (C=O) groups is 2. The van der Waals surface area contributed by atoms with E-state index in [1.165, 1.54) is 11.3 Å². The van der Waals surface area contributed by atoms with Crippen LogP contribution in [0.25, 0.3) is 11.1 Å². The topological polar surface area (TPSA) is 66.8 Å². The van der Waals surface area contributed by atoms with Crippen LogP contribution in [0.1, 0.15) is 27.9 Å². The number of methoxy groups -OCH3 is 1. The number of carboxylic acids is 1. The molecule has 1 aliphatic rings. The quantitative estimate of drug-likeness (QED) is 0.904. The molecule has 2 aromatic rings. The number of carbonyl (C=O) groups excluding carboxylic acids is 1. The number of carboxylic acid groups (broad SMARTS) is 1. The molecule has 0 bridgehead atoms. The molecule has 2 heterocycles. The minimum absolute atomic E-state index is 0.0853. The van der Waals surface area contributed by atoms with Gasteiger partial charge in [-0.05, 0) is 49.6 Å². The Labute approximate surface area is 150 Å². The zero-order chi connectivity index (χ0) is 18.2. The SMILES string of the molecule is COc1ccc(-c2cc(C(=O)N3CCC(C)(C(=O)O)C3)sc2C)cc1. The molecule has 0 radical (unpaired) electrons. The van der Waals surface area contributed by atoms with Gasteiger partial charge in [0.15, 0.2) is 0 Å². The molecule has 5 nitrogen and oxygen atoms in total. The third-order valence-electron chi connectivity index (χ3n) is 4.81. The van der Waals surface area contributed by atoms with Crippen LogP contribution in [-0.4, -0.2) is 42.1 Å². The van der Waals surface area contributed by atoms with Crippen LogP contribution in [-0.2, 0) is 4.79 Å². The minimum Gasteiger partial charge on any atom is -0.497 e. The maximum absolute atomic E-state index is 12.8. The van der Waals surface area contributed by atoms with Crippen LogP contribution >= 0.6 is 11.3 Å². The van der Waals surface area contributed by atoms with E-state index < -0.39 is 11.4 Å². The van der Waals surface area contributed by atoms with Crippen LogP contribution < -0.4 is 4.74 Å². The van der Waals surface area contributed by atoms with Gasteiger partial charge in [-0.25, -0.2) is 0 Å². The van der Waals surface area contributed by atoms with Gasteiger partial charge in [0.25, 0.3) is 5.91 Å². The predicted octanol–water partition coefficient (Wildman–Crippen LogP) is 3.67. The first-order valence-electron chi connectivity index (χ1n) is 8.11. The van der Waals surface area contributed by atoms with Crippen molar-refractivity contribution < 1.29 is 19.4 Å². The Hall–Kier alpha value is -2.34. The number of likely N-dealkylation sites (tertiary alicyclic amines) is 1. The number of amides is 1. The molecular formula is C19H21NO4S. The number of benzene rings is 1. The fourth-order valence-corrected chi connectivity index (χ4v) is 4.12. The van der Waals surface area contributed by atoms with Gasteiger partial charge < -0.3 is 14.7 Å². The van der Waals surface area contributed by atoms with E-state index in [1.807, 2.05) is 37.3 Å². The van der Waals surface area contributed by atoms with E-state index in [0.29, 0.717) is 17.8 Å². The number of rotatable bonds is 4. The Bertz CT molecular complexity index is 811. The summed E-state index contributed by atoms with van der Waals surface area (Å²) in [6.45, 7) is 4.43. The molecule has 1 atom stereocenters. The second kappa shape index (κ2) is 6.52. The van der Waals surface area contributed by atoms with Gasteiger partial charge in [0, 0.05) is 18.0 Å². The molecule has 1 aliphatic heterocycles. The van der Waals surface area contributed by atoms with Crippen molar-refractivity contribution in [2.75, 3.05) is 20.2 Å². The van der Waals surface area contributed by atoms with E-state index in [9.17, 15) is 14.7 Å². The Morgan fingerprint density at radius 2 is 1.96 bits per heavy atom. The van der Waals surface area contributed by atoms with Crippen molar-refractivity contribution in [3.8, 4) is 16.9 Å². The van der Waals surface area contributed by atoms with E-state index >= 15 is 0 Å². The number of hydrogen-bond acceptors (Lipinski definition) is 4. The first-order valence-corrected chi connectivity index (χ1v) is 8.93. The molecule has 3 rings (SSSR count). The summed E-state index contributed by atoms with van der Waals surface area (Å²) in [5, 5.41) is 9.34. The lowest BCUT2D eigenvalue weighted by Crippen LogP contribution is -2.34. The summed E-state index contributed by atoms with van der Waals surface area (Å²) in [5.41, 5.74) is 1.21. The standard InChI is InChI=1S/C19H21NO4S/c1-12-15(13-4-6-14(24-3)7-5-13)10-16(25-12)17(21)20-9-8-19(2,11-20)18(22)23/h4-7,10H,8-9,11H2,1-3H3,(H,22,23). The number of thiophene rings is 1. The molecule has 1 unspecified atom stereocenters. The first kappa shape index (κ1) is 17.5. The molecule has 0 spiro atoms. The van der Waals surface area contributed by atoms with Gasteiger partial charge in [-0.15, -0.1) is 11.3 Å². The van der Waals surface area contributed by atoms with Crippen LogP contribution in [0.4, 0.5) is 0 Å². The van der Waals surface area contributed by atoms with Gasteiger partial charge in [0.05, 0.1) is 17.4 Å². The first-order chi connectivity index (χ1) is 11.8. The minimum atomic E-state index is -0.846. The smallest absolute Gasteiger partial charge is 0.311 e. The molecule has 0 aliphatic carbocycles. The zero-order valence-corrected chi connectivity index (χ0v) is 15.4. The van der Waals surface area contributed by atoms with Crippen molar-refractivity contribution in [3.63, 3.8) is 0 Å². The summed E-state index contributed by atoms with van der Waals surface area (Å²) in [6.07, 6.45) is 0.490. The number of aryl methyl sites for hydroxylation is 1. The van der Waals surface area contributed by atoms with E-state index in [1.54, 1.807) is 18.9 Å². The van der Waals surface area contributed by atoms with Gasteiger partial charge in [-0.2, -0.15) is 0 Å². The lowest BCUT2D eigenvalue weighted by molar-refractivity contribution is -0.147. The van der Waals surface area contributed by atoms with Crippen molar-refractivity contribution in [1.82, 2.24) is 4.90 Å². The van der Waals surface area contributed by atoms with Gasteiger partial charge in [0.2, 0.25) is 0 Å². The van der Waals surface area contributed by atoms with Gasteiger partial charge >= 0.3 is 5.97 Å². The monoisotopic (exact) mass is 359 g/mol. The van der Waals surface area contributed by atoms with Crippen LogP contribution in [0.2, 0.25) is 0 Å². The molecular weight excluding hydrogens is 338 g/mol. The van der Waals surface area contributed by atoms with Gasteiger partial charge in [-0.3, -0.25) is 9.59 Å². The molecule has 1 amide bonds. The van der Waals surface area contributed by atoms with E-state index in [0.717, 1.165) is 21.8 Å². The average molecular weight is 359 g/mol. The highest BCUT2D eigenvalue weighted by Crippen LogP contribution is 2.35. The van der Waals surface area contributed by atoms with E-state index in [2.05, 4.69) is 0 Å². The normalized spacial score (nSPS) is 19.9. The lowest BCUT2D eigenvalue weighted by atomic mass is 9.90. The zero-order valence-electron chi connectivity index (χ0n) is 14.5. The summed E-state index contributed by atoms with van der Waals surface area (Å²) in [6, 6.07) is 9.64. The van der Waals surface area contributed by atoms with Crippen molar-refractivity contribution in [2.24, 2.45) is 5.41 Å². The molecule has 25 heavy (non-hydrogen) atoms. The Morgan fingerprint density at radius 3 is 2.52 bits per heavy atom. The van der Waals surface area contributed by atoms with Crippen molar-refractivity contribution in [3.05, 3.63) is 40.1 Å². The molecule has 1 N–H and O–H groups in total. The Balaban J connectivity index is 1.82. The van der Waals surface area contributed by atoms with Crippen molar-refractivity contribution in [2.45, 2.75) is 20.3 Å². The highest BCUT2D eigenvalue weighted by Gasteiger charge is 2.42. The third kappa shape index (κ3) is 3.26. The highest BCUT2D eigenvalue weighted by atomic mass is 32.1. The fourth-order valence-electron chi connectivity index (χ4n) is 3.11.